The zero-order valence-electron chi connectivity index (χ0n) is 23.6. The van der Waals surface area contributed by atoms with Crippen molar-refractivity contribution in [2.45, 2.75) is 63.8 Å². The van der Waals surface area contributed by atoms with Gasteiger partial charge in [0.25, 0.3) is 0 Å². The molecule has 1 fully saturated rings. The Hall–Kier alpha value is -3.32. The van der Waals surface area contributed by atoms with Crippen molar-refractivity contribution in [3.8, 4) is 0 Å². The number of benzene rings is 2. The lowest BCUT2D eigenvalue weighted by atomic mass is 10.1. The maximum absolute atomic E-state index is 12.9. The zero-order chi connectivity index (χ0) is 29.4. The van der Waals surface area contributed by atoms with Crippen LogP contribution in [0.5, 0.6) is 0 Å². The number of aromatic nitrogens is 4. The van der Waals surface area contributed by atoms with E-state index in [0.29, 0.717) is 23.3 Å². The Labute approximate surface area is 239 Å². The maximum Gasteiger partial charge on any atom is 0.694 e. The third-order valence-electron chi connectivity index (χ3n) is 7.72. The summed E-state index contributed by atoms with van der Waals surface area (Å²) in [6.07, 6.45) is 1.94. The summed E-state index contributed by atoms with van der Waals surface area (Å²) in [5.74, 6) is 0.246. The first-order valence-electron chi connectivity index (χ1n) is 13.3. The first-order chi connectivity index (χ1) is 19.4. The second-order valence-electron chi connectivity index (χ2n) is 11.5. The van der Waals surface area contributed by atoms with Crippen molar-refractivity contribution in [1.29, 1.82) is 0 Å². The Balaban J connectivity index is 1.36. The van der Waals surface area contributed by atoms with Gasteiger partial charge in [-0.1, -0.05) is 57.2 Å². The summed E-state index contributed by atoms with van der Waals surface area (Å²) in [6, 6.07) is 13.0. The molecule has 12 nitrogen and oxygen atoms in total. The topological polar surface area (TPSA) is 150 Å². The van der Waals surface area contributed by atoms with Crippen LogP contribution in [-0.2, 0) is 18.3 Å². The van der Waals surface area contributed by atoms with Crippen LogP contribution < -0.4 is 10.6 Å². The third kappa shape index (κ3) is 6.30. The molecule has 3 N–H and O–H groups in total. The molecule has 216 valence electrons. The molecule has 5 rings (SSSR count). The van der Waals surface area contributed by atoms with Crippen molar-refractivity contribution >= 4 is 56.0 Å². The van der Waals surface area contributed by atoms with E-state index < -0.39 is 34.9 Å². The van der Waals surface area contributed by atoms with Gasteiger partial charge in [-0.2, -0.15) is 0 Å². The summed E-state index contributed by atoms with van der Waals surface area (Å²) in [4.78, 5) is 35.3. The molecule has 4 aromatic rings. The van der Waals surface area contributed by atoms with Crippen LogP contribution in [0.2, 0.25) is 18.1 Å². The molecule has 0 bridgehead atoms. The predicted molar refractivity (Wildman–Crippen MR) is 158 cm³/mol. The minimum absolute atomic E-state index is 0.0409. The quantitative estimate of drug-likeness (QED) is 0.165. The number of ether oxygens (including phenoxy) is 1. The van der Waals surface area contributed by atoms with Crippen molar-refractivity contribution in [1.82, 2.24) is 19.5 Å². The lowest BCUT2D eigenvalue weighted by Gasteiger charge is -2.39. The average molecular weight is 598 g/mol. The highest BCUT2D eigenvalue weighted by atomic mass is 31.1. The highest BCUT2D eigenvalue weighted by Crippen LogP contribution is 2.42. The van der Waals surface area contributed by atoms with Gasteiger partial charge in [0.15, 0.2) is 25.3 Å². The van der Waals surface area contributed by atoms with Crippen LogP contribution in [0.15, 0.2) is 55.1 Å². The van der Waals surface area contributed by atoms with Gasteiger partial charge in [-0.3, -0.25) is 9.88 Å². The number of hydrogen-bond donors (Lipinski definition) is 3. The average Bonchev–Trinajstić information content (AvgIpc) is 3.51. The fourth-order valence-electron chi connectivity index (χ4n) is 4.59. The van der Waals surface area contributed by atoms with Crippen molar-refractivity contribution in [3.63, 3.8) is 0 Å². The summed E-state index contributed by atoms with van der Waals surface area (Å²) in [5, 5.41) is 7.56. The van der Waals surface area contributed by atoms with Crippen molar-refractivity contribution in [2.75, 3.05) is 17.2 Å². The number of urea groups is 1. The number of amides is 2. The first-order valence-corrected chi connectivity index (χ1v) is 17.3. The predicted octanol–water partition coefficient (Wildman–Crippen LogP) is 5.97. The number of nitrogens with zero attached hydrogens (tertiary/aromatic N) is 4. The number of hydrogen-bond acceptors (Lipinski definition) is 8. The molecule has 0 saturated carbocycles. The fourth-order valence-corrected chi connectivity index (χ4v) is 6.22. The van der Waals surface area contributed by atoms with Gasteiger partial charge < -0.3 is 14.5 Å². The largest absolute Gasteiger partial charge is 0.694 e. The Bertz CT molecular complexity index is 1590. The molecule has 2 amide bonds. The molecule has 1 saturated heterocycles. The Morgan fingerprint density at radius 3 is 2.66 bits per heavy atom. The number of anilines is 2. The monoisotopic (exact) mass is 597 g/mol. The number of rotatable bonds is 8. The van der Waals surface area contributed by atoms with E-state index in [0.717, 1.165) is 10.8 Å². The molecule has 0 radical (unpaired) electrons. The summed E-state index contributed by atoms with van der Waals surface area (Å²) < 4.78 is 30.9. The Morgan fingerprint density at radius 2 is 1.90 bits per heavy atom. The molecule has 1 aliphatic rings. The van der Waals surface area contributed by atoms with Crippen LogP contribution in [0.3, 0.4) is 0 Å². The van der Waals surface area contributed by atoms with Gasteiger partial charge >= 0.3 is 14.3 Å². The molecule has 0 spiro atoms. The van der Waals surface area contributed by atoms with E-state index in [1.54, 1.807) is 10.9 Å². The molecular weight excluding hydrogens is 563 g/mol. The standard InChI is InChI=1S/C27H33N6O6PSi/c1-27(2,3)41(4,5)39-20-13-22(38-21(20)14-37-40(35)36)33-16-30-23-24(28-15-29-25(23)33)32-26(34)31-19-12-8-10-17-9-6-7-11-18(17)19/h6-12,15-16,20-22H,13-14H2,1-5H3,(H2-,28,29,31,32,34,35,36)/p+1/t20-,21+,22+/m0/s1. The van der Waals surface area contributed by atoms with E-state index in [4.69, 9.17) is 13.7 Å². The molecule has 2 aromatic carbocycles. The summed E-state index contributed by atoms with van der Waals surface area (Å²) in [5.41, 5.74) is 1.52. The van der Waals surface area contributed by atoms with Crippen molar-refractivity contribution < 1.29 is 27.9 Å². The number of nitrogens with one attached hydrogen (secondary N) is 2. The van der Waals surface area contributed by atoms with Gasteiger partial charge in [0, 0.05) is 16.4 Å². The second kappa shape index (κ2) is 11.5. The van der Waals surface area contributed by atoms with Crippen LogP contribution in [-0.4, -0.2) is 57.6 Å². The molecule has 14 heteroatoms. The van der Waals surface area contributed by atoms with Gasteiger partial charge in [0.05, 0.1) is 18.1 Å². The second-order valence-corrected chi connectivity index (χ2v) is 17.0. The number of carbonyl (C=O) groups is 1. The van der Waals surface area contributed by atoms with Crippen LogP contribution in [0.25, 0.3) is 21.9 Å². The van der Waals surface area contributed by atoms with E-state index in [2.05, 4.69) is 59.5 Å². The van der Waals surface area contributed by atoms with E-state index in [1.807, 2.05) is 42.5 Å². The molecule has 2 aromatic heterocycles. The summed E-state index contributed by atoms with van der Waals surface area (Å²) in [6.45, 7) is 10.6. The van der Waals surface area contributed by atoms with E-state index in [1.165, 1.54) is 6.33 Å². The van der Waals surface area contributed by atoms with Gasteiger partial charge in [-0.05, 0) is 29.6 Å². The molecule has 4 atom stereocenters. The summed E-state index contributed by atoms with van der Waals surface area (Å²) in [7, 11) is -4.97. The molecule has 41 heavy (non-hydrogen) atoms. The van der Waals surface area contributed by atoms with Gasteiger partial charge in [0.1, 0.15) is 25.3 Å². The van der Waals surface area contributed by atoms with Crippen molar-refractivity contribution in [3.05, 3.63) is 55.1 Å². The molecule has 1 aliphatic heterocycles. The van der Waals surface area contributed by atoms with E-state index in [9.17, 15) is 14.3 Å². The molecule has 0 aliphatic carbocycles. The summed E-state index contributed by atoms with van der Waals surface area (Å²) >= 11 is 0. The number of imidazole rings is 1. The fraction of sp³-hybridized carbons (Fsp3) is 0.407. The SMILES string of the molecule is CC(C)(C)[Si](C)(C)O[C@H]1C[C@H](n2cnc3c(NC(=O)Nc4cccc5ccccc45)ncnc32)O[C@@H]1CO[P+](=O)O. The first kappa shape index (κ1) is 29.2. The van der Waals surface area contributed by atoms with Gasteiger partial charge in [0.2, 0.25) is 0 Å². The van der Waals surface area contributed by atoms with Crippen LogP contribution in [0.1, 0.15) is 33.4 Å². The Morgan fingerprint density at radius 1 is 1.15 bits per heavy atom. The minimum atomic E-state index is -2.78. The van der Waals surface area contributed by atoms with Crippen LogP contribution >= 0.6 is 8.25 Å². The van der Waals surface area contributed by atoms with Gasteiger partial charge in [-0.25, -0.2) is 19.7 Å². The zero-order valence-corrected chi connectivity index (χ0v) is 25.5. The Kier molecular flexibility index (Phi) is 8.19. The van der Waals surface area contributed by atoms with E-state index >= 15 is 0 Å². The highest BCUT2D eigenvalue weighted by molar-refractivity contribution is 7.32. The molecule has 1 unspecified atom stereocenters. The van der Waals surface area contributed by atoms with Crippen LogP contribution in [0.4, 0.5) is 16.3 Å². The smallest absolute Gasteiger partial charge is 0.411 e. The van der Waals surface area contributed by atoms with Gasteiger partial charge in [-0.15, -0.1) is 9.42 Å². The van der Waals surface area contributed by atoms with Crippen molar-refractivity contribution in [2.24, 2.45) is 0 Å². The van der Waals surface area contributed by atoms with E-state index in [-0.39, 0.29) is 23.6 Å². The highest BCUT2D eigenvalue weighted by Gasteiger charge is 2.46. The van der Waals surface area contributed by atoms with Crippen LogP contribution in [0, 0.1) is 0 Å². The number of fused-ring (bicyclic) bond motifs is 2. The lowest BCUT2D eigenvalue weighted by Crippen LogP contribution is -2.46. The maximum atomic E-state index is 12.9. The lowest BCUT2D eigenvalue weighted by molar-refractivity contribution is -0.0363. The normalized spacial score (nSPS) is 20.0. The number of carbonyl (C=O) groups excluding carboxylic acids is 1. The molecular formula is C27H34N6O6PSi+. The third-order valence-corrected chi connectivity index (χ3v) is 12.6. The molecule has 3 heterocycles. The minimum Gasteiger partial charge on any atom is -0.411 e.